The third kappa shape index (κ3) is 1.76. The summed E-state index contributed by atoms with van der Waals surface area (Å²) in [5, 5.41) is 0.369. The van der Waals surface area contributed by atoms with Crippen LogP contribution in [0.3, 0.4) is 0 Å². The average molecular weight is 257 g/mol. The quantitative estimate of drug-likeness (QED) is 0.612. The lowest BCUT2D eigenvalue weighted by molar-refractivity contribution is 0.0531. The summed E-state index contributed by atoms with van der Waals surface area (Å²) in [6, 6.07) is 0. The van der Waals surface area contributed by atoms with E-state index in [1.165, 1.54) is 17.7 Å². The highest BCUT2D eigenvalue weighted by Gasteiger charge is 2.18. The van der Waals surface area contributed by atoms with Crippen molar-refractivity contribution in [1.82, 2.24) is 9.97 Å². The number of carbonyl (C=O) groups is 1. The van der Waals surface area contributed by atoms with Gasteiger partial charge in [-0.1, -0.05) is 11.6 Å². The largest absolute Gasteiger partial charge is 0.462 e. The zero-order valence-electron chi connectivity index (χ0n) is 8.78. The van der Waals surface area contributed by atoms with E-state index in [9.17, 15) is 4.79 Å². The van der Waals surface area contributed by atoms with Crippen LogP contribution in [0.1, 0.15) is 22.2 Å². The molecule has 0 radical (unpaired) electrons. The van der Waals surface area contributed by atoms with Gasteiger partial charge in [-0.3, -0.25) is 0 Å². The van der Waals surface area contributed by atoms with Crippen molar-refractivity contribution in [2.45, 2.75) is 13.8 Å². The Balaban J connectivity index is 2.60. The number of aryl methyl sites for hydroxylation is 1. The van der Waals surface area contributed by atoms with Crippen LogP contribution in [0.15, 0.2) is 6.33 Å². The lowest BCUT2D eigenvalue weighted by Crippen LogP contribution is -2.03. The minimum absolute atomic E-state index is 0.334. The van der Waals surface area contributed by atoms with Crippen LogP contribution in [-0.2, 0) is 4.74 Å². The lowest BCUT2D eigenvalue weighted by Gasteiger charge is -1.98. The predicted octanol–water partition coefficient (Wildman–Crippen LogP) is 2.83. The summed E-state index contributed by atoms with van der Waals surface area (Å²) in [5.74, 6) is -0.334. The van der Waals surface area contributed by atoms with Gasteiger partial charge in [-0.25, -0.2) is 14.8 Å². The van der Waals surface area contributed by atoms with Crippen LogP contribution < -0.4 is 0 Å². The second kappa shape index (κ2) is 4.35. The van der Waals surface area contributed by atoms with Crippen molar-refractivity contribution >= 4 is 39.1 Å². The number of rotatable bonds is 2. The maximum absolute atomic E-state index is 11.6. The maximum atomic E-state index is 11.6. The minimum Gasteiger partial charge on any atom is -0.462 e. The van der Waals surface area contributed by atoms with E-state index >= 15 is 0 Å². The number of nitrogens with zero attached hydrogens (tertiary/aromatic N) is 2. The summed E-state index contributed by atoms with van der Waals surface area (Å²) in [7, 11) is 0. The molecular formula is C10H9ClN2O2S. The first-order valence-corrected chi connectivity index (χ1v) is 5.91. The Labute approximate surface area is 101 Å². The molecule has 0 aliphatic rings. The van der Waals surface area contributed by atoms with Crippen molar-refractivity contribution in [1.29, 1.82) is 0 Å². The Morgan fingerprint density at radius 3 is 2.94 bits per heavy atom. The number of hydrogen-bond donors (Lipinski definition) is 0. The standard InChI is InChI=1S/C10H9ClN2O2S/c1-3-15-10(14)7-5(2)6-8(16-7)9(11)13-4-12-6/h4H,3H2,1-2H3. The van der Waals surface area contributed by atoms with Gasteiger partial charge in [-0.15, -0.1) is 11.3 Å². The lowest BCUT2D eigenvalue weighted by atomic mass is 10.2. The second-order valence-electron chi connectivity index (χ2n) is 3.12. The third-order valence-electron chi connectivity index (χ3n) is 2.12. The molecule has 2 aromatic rings. The number of esters is 1. The molecule has 0 aromatic carbocycles. The van der Waals surface area contributed by atoms with Crippen molar-refractivity contribution in [2.24, 2.45) is 0 Å². The number of aromatic nitrogens is 2. The molecule has 0 aliphatic carbocycles. The van der Waals surface area contributed by atoms with Gasteiger partial charge in [0.1, 0.15) is 16.4 Å². The van der Waals surface area contributed by atoms with Crippen molar-refractivity contribution in [2.75, 3.05) is 6.61 Å². The number of carbonyl (C=O) groups excluding carboxylic acids is 1. The molecule has 0 bridgehead atoms. The fraction of sp³-hybridized carbons (Fsp3) is 0.300. The van der Waals surface area contributed by atoms with Crippen molar-refractivity contribution in [3.05, 3.63) is 21.9 Å². The molecule has 0 saturated heterocycles. The molecule has 2 heterocycles. The molecule has 0 aliphatic heterocycles. The van der Waals surface area contributed by atoms with E-state index in [-0.39, 0.29) is 5.97 Å². The van der Waals surface area contributed by atoms with Crippen LogP contribution in [0.4, 0.5) is 0 Å². The summed E-state index contributed by atoms with van der Waals surface area (Å²) in [6.45, 7) is 3.95. The van der Waals surface area contributed by atoms with Gasteiger partial charge in [-0.2, -0.15) is 0 Å². The van der Waals surface area contributed by atoms with Crippen LogP contribution in [-0.4, -0.2) is 22.5 Å². The van der Waals surface area contributed by atoms with E-state index in [1.54, 1.807) is 6.92 Å². The fourth-order valence-corrected chi connectivity index (χ4v) is 2.67. The first kappa shape index (κ1) is 11.3. The Morgan fingerprint density at radius 2 is 2.31 bits per heavy atom. The number of ether oxygens (including phenoxy) is 1. The molecule has 0 fully saturated rings. The molecule has 16 heavy (non-hydrogen) atoms. The molecular weight excluding hydrogens is 248 g/mol. The zero-order chi connectivity index (χ0) is 11.7. The molecule has 0 amide bonds. The van der Waals surface area contributed by atoms with E-state index in [2.05, 4.69) is 9.97 Å². The van der Waals surface area contributed by atoms with Gasteiger partial charge in [0.05, 0.1) is 16.8 Å². The topological polar surface area (TPSA) is 52.1 Å². The summed E-state index contributed by atoms with van der Waals surface area (Å²) >= 11 is 7.20. The first-order valence-electron chi connectivity index (χ1n) is 4.71. The van der Waals surface area contributed by atoms with Crippen LogP contribution >= 0.6 is 22.9 Å². The van der Waals surface area contributed by atoms with E-state index in [0.717, 1.165) is 10.3 Å². The highest BCUT2D eigenvalue weighted by atomic mass is 35.5. The van der Waals surface area contributed by atoms with Crippen LogP contribution in [0.25, 0.3) is 10.2 Å². The minimum atomic E-state index is -0.334. The normalized spacial score (nSPS) is 10.7. The Morgan fingerprint density at radius 1 is 1.56 bits per heavy atom. The summed E-state index contributed by atoms with van der Waals surface area (Å²) < 4.78 is 5.68. The molecule has 0 saturated carbocycles. The summed E-state index contributed by atoms with van der Waals surface area (Å²) in [5.41, 5.74) is 1.51. The predicted molar refractivity (Wildman–Crippen MR) is 63.1 cm³/mol. The first-order chi connectivity index (χ1) is 7.65. The SMILES string of the molecule is CCOC(=O)c1sc2c(Cl)ncnc2c1C. The van der Waals surface area contributed by atoms with Gasteiger partial charge in [0.15, 0.2) is 0 Å². The Hall–Kier alpha value is -1.20. The summed E-state index contributed by atoms with van der Waals surface area (Å²) in [6.07, 6.45) is 1.39. The zero-order valence-corrected chi connectivity index (χ0v) is 10.4. The van der Waals surface area contributed by atoms with Gasteiger partial charge in [0, 0.05) is 5.56 Å². The second-order valence-corrected chi connectivity index (χ2v) is 4.50. The van der Waals surface area contributed by atoms with E-state index in [4.69, 9.17) is 16.3 Å². The maximum Gasteiger partial charge on any atom is 0.348 e. The van der Waals surface area contributed by atoms with Gasteiger partial charge in [0.25, 0.3) is 0 Å². The van der Waals surface area contributed by atoms with Crippen LogP contribution in [0.5, 0.6) is 0 Å². The third-order valence-corrected chi connectivity index (χ3v) is 3.79. The van der Waals surface area contributed by atoms with Gasteiger partial charge in [-0.05, 0) is 13.8 Å². The van der Waals surface area contributed by atoms with Gasteiger partial charge >= 0.3 is 5.97 Å². The van der Waals surface area contributed by atoms with Crippen molar-refractivity contribution < 1.29 is 9.53 Å². The van der Waals surface area contributed by atoms with E-state index in [0.29, 0.717) is 22.2 Å². The number of fused-ring (bicyclic) bond motifs is 1. The van der Waals surface area contributed by atoms with Gasteiger partial charge in [0.2, 0.25) is 0 Å². The monoisotopic (exact) mass is 256 g/mol. The highest BCUT2D eigenvalue weighted by molar-refractivity contribution is 7.21. The van der Waals surface area contributed by atoms with Crippen molar-refractivity contribution in [3.8, 4) is 0 Å². The Bertz CT molecular complexity index is 553. The fourth-order valence-electron chi connectivity index (χ4n) is 1.39. The number of thiophene rings is 1. The molecule has 0 N–H and O–H groups in total. The Kier molecular flexibility index (Phi) is 3.07. The molecule has 2 aromatic heterocycles. The smallest absolute Gasteiger partial charge is 0.348 e. The molecule has 84 valence electrons. The number of hydrogen-bond acceptors (Lipinski definition) is 5. The average Bonchev–Trinajstić information content (AvgIpc) is 2.59. The molecule has 0 unspecified atom stereocenters. The summed E-state index contributed by atoms with van der Waals surface area (Å²) in [4.78, 5) is 20.2. The molecule has 4 nitrogen and oxygen atoms in total. The van der Waals surface area contributed by atoms with Crippen molar-refractivity contribution in [3.63, 3.8) is 0 Å². The van der Waals surface area contributed by atoms with Gasteiger partial charge < -0.3 is 4.74 Å². The van der Waals surface area contributed by atoms with Crippen LogP contribution in [0, 0.1) is 6.92 Å². The molecule has 2 rings (SSSR count). The molecule has 0 atom stereocenters. The van der Waals surface area contributed by atoms with E-state index in [1.807, 2.05) is 6.92 Å². The molecule has 0 spiro atoms. The van der Waals surface area contributed by atoms with Crippen LogP contribution in [0.2, 0.25) is 5.15 Å². The molecule has 6 heteroatoms. The van der Waals surface area contributed by atoms with E-state index < -0.39 is 0 Å². The number of halogens is 1. The highest BCUT2D eigenvalue weighted by Crippen LogP contribution is 2.33.